The summed E-state index contributed by atoms with van der Waals surface area (Å²) in [6, 6.07) is 5.48. The second-order valence-corrected chi connectivity index (χ2v) is 6.06. The zero-order valence-corrected chi connectivity index (χ0v) is 15.1. The average molecular weight is 349 g/mol. The number of carboxylic acids is 1. The average Bonchev–Trinajstić information content (AvgIpc) is 2.57. The van der Waals surface area contributed by atoms with Crippen LogP contribution in [0.5, 0.6) is 11.5 Å². The Hall–Kier alpha value is -2.50. The van der Waals surface area contributed by atoms with Gasteiger partial charge in [-0.25, -0.2) is 0 Å². The Morgan fingerprint density at radius 3 is 2.68 bits per heavy atom. The number of methoxy groups -OCH3 is 1. The molecule has 2 N–H and O–H groups in total. The van der Waals surface area contributed by atoms with Gasteiger partial charge >= 0.3 is 5.97 Å². The Morgan fingerprint density at radius 1 is 1.28 bits per heavy atom. The van der Waals surface area contributed by atoms with Crippen LogP contribution in [-0.4, -0.2) is 37.2 Å². The number of carbonyl (C=O) groups excluding carboxylic acids is 1. The van der Waals surface area contributed by atoms with E-state index in [1.807, 2.05) is 12.1 Å². The molecule has 0 bridgehead atoms. The summed E-state index contributed by atoms with van der Waals surface area (Å²) in [5.41, 5.74) is 0.814. The molecule has 6 nitrogen and oxygen atoms in total. The number of nitrogens with one attached hydrogen (secondary N) is 1. The van der Waals surface area contributed by atoms with Crippen molar-refractivity contribution in [2.45, 2.75) is 33.1 Å². The minimum Gasteiger partial charge on any atom is -0.493 e. The molecule has 0 radical (unpaired) electrons. The van der Waals surface area contributed by atoms with E-state index < -0.39 is 5.97 Å². The normalized spacial score (nSPS) is 10.9. The van der Waals surface area contributed by atoms with Crippen molar-refractivity contribution >= 4 is 18.0 Å². The van der Waals surface area contributed by atoms with Gasteiger partial charge in [-0.05, 0) is 42.5 Å². The molecule has 0 unspecified atom stereocenters. The lowest BCUT2D eigenvalue weighted by atomic mass is 10.1. The molecule has 1 rings (SSSR count). The topological polar surface area (TPSA) is 84.9 Å². The molecule has 0 heterocycles. The summed E-state index contributed by atoms with van der Waals surface area (Å²) in [4.78, 5) is 22.1. The highest BCUT2D eigenvalue weighted by atomic mass is 16.5. The van der Waals surface area contributed by atoms with E-state index in [1.165, 1.54) is 6.08 Å². The van der Waals surface area contributed by atoms with E-state index in [0.717, 1.165) is 12.0 Å². The molecule has 0 aromatic heterocycles. The SMILES string of the molecule is COc1cc(/C=C/C(=O)NCCCC(=O)O)ccc1OCCC(C)C. The fraction of sp³-hybridized carbons (Fsp3) is 0.474. The van der Waals surface area contributed by atoms with Gasteiger partial charge in [0.25, 0.3) is 0 Å². The van der Waals surface area contributed by atoms with E-state index in [9.17, 15) is 9.59 Å². The summed E-state index contributed by atoms with van der Waals surface area (Å²) in [6.07, 6.45) is 4.50. The smallest absolute Gasteiger partial charge is 0.303 e. The Morgan fingerprint density at radius 2 is 2.04 bits per heavy atom. The number of rotatable bonds is 11. The molecule has 1 aromatic carbocycles. The van der Waals surface area contributed by atoms with Crippen molar-refractivity contribution in [3.8, 4) is 11.5 Å². The highest BCUT2D eigenvalue weighted by molar-refractivity contribution is 5.91. The molecule has 0 fully saturated rings. The Balaban J connectivity index is 2.55. The van der Waals surface area contributed by atoms with Crippen LogP contribution in [0.15, 0.2) is 24.3 Å². The van der Waals surface area contributed by atoms with Crippen molar-refractivity contribution < 1.29 is 24.2 Å². The molecule has 25 heavy (non-hydrogen) atoms. The number of aliphatic carboxylic acids is 1. The Kier molecular flexibility index (Phi) is 9.14. The van der Waals surface area contributed by atoms with Crippen LogP contribution in [0.2, 0.25) is 0 Å². The number of benzene rings is 1. The van der Waals surface area contributed by atoms with Crippen molar-refractivity contribution in [3.63, 3.8) is 0 Å². The van der Waals surface area contributed by atoms with Gasteiger partial charge in [-0.2, -0.15) is 0 Å². The van der Waals surface area contributed by atoms with Crippen LogP contribution in [0.3, 0.4) is 0 Å². The van der Waals surface area contributed by atoms with Gasteiger partial charge in [-0.1, -0.05) is 19.9 Å². The summed E-state index contributed by atoms with van der Waals surface area (Å²) < 4.78 is 11.1. The van der Waals surface area contributed by atoms with Gasteiger partial charge < -0.3 is 19.9 Å². The van der Waals surface area contributed by atoms with Gasteiger partial charge in [0, 0.05) is 19.0 Å². The maximum atomic E-state index is 11.7. The predicted octanol–water partition coefficient (Wildman–Crippen LogP) is 3.11. The van der Waals surface area contributed by atoms with Gasteiger partial charge in [0.1, 0.15) is 0 Å². The zero-order valence-electron chi connectivity index (χ0n) is 15.1. The molecule has 0 aliphatic carbocycles. The van der Waals surface area contributed by atoms with Gasteiger partial charge in [-0.3, -0.25) is 9.59 Å². The molecular formula is C19H27NO5. The monoisotopic (exact) mass is 349 g/mol. The van der Waals surface area contributed by atoms with Crippen LogP contribution in [0.1, 0.15) is 38.7 Å². The summed E-state index contributed by atoms with van der Waals surface area (Å²) in [5, 5.41) is 11.2. The highest BCUT2D eigenvalue weighted by Gasteiger charge is 2.06. The van der Waals surface area contributed by atoms with E-state index in [4.69, 9.17) is 14.6 Å². The molecule has 6 heteroatoms. The van der Waals surface area contributed by atoms with Gasteiger partial charge in [0.2, 0.25) is 5.91 Å². The Labute approximate surface area is 148 Å². The van der Waals surface area contributed by atoms with Crippen LogP contribution in [0.25, 0.3) is 6.08 Å². The molecule has 0 saturated heterocycles. The first-order valence-electron chi connectivity index (χ1n) is 8.41. The fourth-order valence-electron chi connectivity index (χ4n) is 1.99. The minimum atomic E-state index is -0.868. The lowest BCUT2D eigenvalue weighted by molar-refractivity contribution is -0.137. The second kappa shape index (κ2) is 11.1. The largest absolute Gasteiger partial charge is 0.493 e. The van der Waals surface area contributed by atoms with Gasteiger partial charge in [0.05, 0.1) is 13.7 Å². The third-order valence-corrected chi connectivity index (χ3v) is 3.43. The maximum Gasteiger partial charge on any atom is 0.303 e. The van der Waals surface area contributed by atoms with Crippen molar-refractivity contribution in [2.24, 2.45) is 5.92 Å². The highest BCUT2D eigenvalue weighted by Crippen LogP contribution is 2.28. The zero-order chi connectivity index (χ0) is 18.7. The van der Waals surface area contributed by atoms with Crippen molar-refractivity contribution in [2.75, 3.05) is 20.3 Å². The second-order valence-electron chi connectivity index (χ2n) is 6.06. The molecule has 1 amide bonds. The predicted molar refractivity (Wildman–Crippen MR) is 96.9 cm³/mol. The molecule has 0 saturated carbocycles. The summed E-state index contributed by atoms with van der Waals surface area (Å²) in [6.45, 7) is 5.24. The van der Waals surface area contributed by atoms with E-state index in [1.54, 1.807) is 19.3 Å². The lowest BCUT2D eigenvalue weighted by Crippen LogP contribution is -2.22. The third-order valence-electron chi connectivity index (χ3n) is 3.43. The standard InChI is InChI=1S/C19H27NO5/c1-14(2)10-12-25-16-8-6-15(13-17(16)24-3)7-9-18(21)20-11-4-5-19(22)23/h6-9,13-14H,4-5,10-12H2,1-3H3,(H,20,21)(H,22,23)/b9-7+. The van der Waals surface area contributed by atoms with Crippen molar-refractivity contribution in [1.82, 2.24) is 5.32 Å². The fourth-order valence-corrected chi connectivity index (χ4v) is 1.99. The van der Waals surface area contributed by atoms with E-state index in [-0.39, 0.29) is 12.3 Å². The first kappa shape index (κ1) is 20.5. The number of carbonyl (C=O) groups is 2. The van der Waals surface area contributed by atoms with Crippen LogP contribution in [0.4, 0.5) is 0 Å². The molecule has 138 valence electrons. The third kappa shape index (κ3) is 8.79. The van der Waals surface area contributed by atoms with Crippen LogP contribution >= 0.6 is 0 Å². The minimum absolute atomic E-state index is 0.0411. The molecule has 1 aromatic rings. The first-order valence-corrected chi connectivity index (χ1v) is 8.41. The molecule has 0 atom stereocenters. The quantitative estimate of drug-likeness (QED) is 0.474. The number of hydrogen-bond donors (Lipinski definition) is 2. The summed E-state index contributed by atoms with van der Waals surface area (Å²) in [5.74, 6) is 0.739. The molecule has 0 spiro atoms. The summed E-state index contributed by atoms with van der Waals surface area (Å²) in [7, 11) is 1.58. The van der Waals surface area contributed by atoms with Crippen molar-refractivity contribution in [1.29, 1.82) is 0 Å². The van der Waals surface area contributed by atoms with Crippen LogP contribution in [0, 0.1) is 5.92 Å². The number of hydrogen-bond acceptors (Lipinski definition) is 4. The summed E-state index contributed by atoms with van der Waals surface area (Å²) >= 11 is 0. The maximum absolute atomic E-state index is 11.7. The van der Waals surface area contributed by atoms with E-state index in [2.05, 4.69) is 19.2 Å². The Bertz CT molecular complexity index is 595. The van der Waals surface area contributed by atoms with Crippen LogP contribution in [-0.2, 0) is 9.59 Å². The number of carboxylic acid groups (broad SMARTS) is 1. The van der Waals surface area contributed by atoms with Crippen molar-refractivity contribution in [3.05, 3.63) is 29.8 Å². The number of ether oxygens (including phenoxy) is 2. The van der Waals surface area contributed by atoms with Gasteiger partial charge in [-0.15, -0.1) is 0 Å². The van der Waals surface area contributed by atoms with Crippen LogP contribution < -0.4 is 14.8 Å². The first-order chi connectivity index (χ1) is 11.9. The molecular weight excluding hydrogens is 322 g/mol. The van der Waals surface area contributed by atoms with E-state index in [0.29, 0.717) is 37.0 Å². The number of amides is 1. The lowest BCUT2D eigenvalue weighted by Gasteiger charge is -2.12. The molecule has 0 aliphatic heterocycles. The van der Waals surface area contributed by atoms with E-state index >= 15 is 0 Å². The van der Waals surface area contributed by atoms with Gasteiger partial charge in [0.15, 0.2) is 11.5 Å². The molecule has 0 aliphatic rings.